The monoisotopic (exact) mass is 489 g/mol. The molecular weight excluding hydrogens is 455 g/mol. The number of hydrogen-bond donors (Lipinski definition) is 1. The summed E-state index contributed by atoms with van der Waals surface area (Å²) in [5.41, 5.74) is 0.751. The van der Waals surface area contributed by atoms with Crippen LogP contribution in [0.1, 0.15) is 31.4 Å². The highest BCUT2D eigenvalue weighted by atomic mass is 19.4. The Morgan fingerprint density at radius 1 is 1.14 bits per heavy atom. The molecule has 2 aromatic carbocycles. The molecular formula is C27H34F3N3O2. The minimum atomic E-state index is -4.40. The summed E-state index contributed by atoms with van der Waals surface area (Å²) in [7, 11) is 0. The molecule has 0 unspecified atom stereocenters. The van der Waals surface area contributed by atoms with Gasteiger partial charge < -0.3 is 15.0 Å². The van der Waals surface area contributed by atoms with Gasteiger partial charge in [0.2, 0.25) is 5.91 Å². The fourth-order valence-corrected chi connectivity index (χ4v) is 4.99. The van der Waals surface area contributed by atoms with E-state index in [1.54, 1.807) is 6.07 Å². The second kappa shape index (κ2) is 10.9. The van der Waals surface area contributed by atoms with Gasteiger partial charge in [0.15, 0.2) is 0 Å². The van der Waals surface area contributed by atoms with Crippen LogP contribution in [0, 0.1) is 11.8 Å². The largest absolute Gasteiger partial charge is 0.492 e. The Morgan fingerprint density at radius 2 is 1.91 bits per heavy atom. The Balaban J connectivity index is 1.49. The summed E-state index contributed by atoms with van der Waals surface area (Å²) in [6, 6.07) is 13.5. The van der Waals surface area contributed by atoms with Crippen molar-refractivity contribution in [1.29, 1.82) is 0 Å². The quantitative estimate of drug-likeness (QED) is 0.588. The molecule has 190 valence electrons. The highest BCUT2D eigenvalue weighted by molar-refractivity contribution is 5.82. The number of amides is 1. The molecule has 8 heteroatoms. The topological polar surface area (TPSA) is 44.8 Å². The van der Waals surface area contributed by atoms with Crippen molar-refractivity contribution in [2.45, 2.75) is 38.9 Å². The predicted molar refractivity (Wildman–Crippen MR) is 131 cm³/mol. The molecule has 0 aromatic heterocycles. The molecule has 2 aliphatic heterocycles. The molecule has 0 aliphatic carbocycles. The van der Waals surface area contributed by atoms with Crippen molar-refractivity contribution >= 4 is 11.6 Å². The Hall–Kier alpha value is -2.74. The SMILES string of the molecule is CC(C)CCNC(=O)[C@@H]1Cc2cc(C(F)(F)F)ccc2N2CCN(CCOc3ccccc3)C[C@@H]12. The molecule has 0 radical (unpaired) electrons. The van der Waals surface area contributed by atoms with E-state index in [0.29, 0.717) is 44.1 Å². The van der Waals surface area contributed by atoms with E-state index in [9.17, 15) is 18.0 Å². The van der Waals surface area contributed by atoms with Crippen LogP contribution in [0.5, 0.6) is 5.75 Å². The number of benzene rings is 2. The van der Waals surface area contributed by atoms with Gasteiger partial charge >= 0.3 is 6.18 Å². The van der Waals surface area contributed by atoms with Crippen molar-refractivity contribution in [3.05, 3.63) is 59.7 Å². The van der Waals surface area contributed by atoms with Crippen LogP contribution in [-0.2, 0) is 17.4 Å². The second-order valence-corrected chi connectivity index (χ2v) is 9.85. The van der Waals surface area contributed by atoms with Crippen molar-refractivity contribution in [1.82, 2.24) is 10.2 Å². The number of ether oxygens (including phenoxy) is 1. The van der Waals surface area contributed by atoms with Crippen molar-refractivity contribution in [2.75, 3.05) is 44.2 Å². The number of nitrogens with zero attached hydrogens (tertiary/aromatic N) is 2. The zero-order valence-corrected chi connectivity index (χ0v) is 20.4. The maximum atomic E-state index is 13.4. The summed E-state index contributed by atoms with van der Waals surface area (Å²) >= 11 is 0. The maximum Gasteiger partial charge on any atom is 0.416 e. The van der Waals surface area contributed by atoms with Crippen LogP contribution in [0.15, 0.2) is 48.5 Å². The Labute approximate surface area is 205 Å². The third-order valence-electron chi connectivity index (χ3n) is 6.90. The van der Waals surface area contributed by atoms with Gasteiger partial charge in [-0.15, -0.1) is 0 Å². The smallest absolute Gasteiger partial charge is 0.416 e. The van der Waals surface area contributed by atoms with Crippen LogP contribution in [-0.4, -0.2) is 56.2 Å². The van der Waals surface area contributed by atoms with Gasteiger partial charge in [0, 0.05) is 38.4 Å². The lowest BCUT2D eigenvalue weighted by Crippen LogP contribution is -2.61. The Bertz CT molecular complexity index is 997. The van der Waals surface area contributed by atoms with Crippen LogP contribution < -0.4 is 15.0 Å². The van der Waals surface area contributed by atoms with Crippen LogP contribution in [0.2, 0.25) is 0 Å². The summed E-state index contributed by atoms with van der Waals surface area (Å²) in [6.45, 7) is 8.11. The number of hydrogen-bond acceptors (Lipinski definition) is 4. The highest BCUT2D eigenvalue weighted by Gasteiger charge is 2.42. The fourth-order valence-electron chi connectivity index (χ4n) is 4.99. The van der Waals surface area contributed by atoms with Gasteiger partial charge in [-0.25, -0.2) is 0 Å². The van der Waals surface area contributed by atoms with E-state index in [2.05, 4.69) is 29.0 Å². The number of para-hydroxylation sites is 1. The molecule has 2 heterocycles. The van der Waals surface area contributed by atoms with Crippen molar-refractivity contribution in [3.63, 3.8) is 0 Å². The van der Waals surface area contributed by atoms with Crippen molar-refractivity contribution in [2.24, 2.45) is 11.8 Å². The van der Waals surface area contributed by atoms with Crippen molar-refractivity contribution in [3.8, 4) is 5.75 Å². The first kappa shape index (κ1) is 25.4. The normalized spacial score (nSPS) is 20.3. The first-order valence-electron chi connectivity index (χ1n) is 12.4. The zero-order chi connectivity index (χ0) is 25.0. The molecule has 35 heavy (non-hydrogen) atoms. The summed E-state index contributed by atoms with van der Waals surface area (Å²) in [4.78, 5) is 17.7. The number of fused-ring (bicyclic) bond motifs is 3. The van der Waals surface area contributed by atoms with Crippen LogP contribution >= 0.6 is 0 Å². The van der Waals surface area contributed by atoms with E-state index in [-0.39, 0.29) is 11.9 Å². The molecule has 4 rings (SSSR count). The number of piperazine rings is 1. The summed E-state index contributed by atoms with van der Waals surface area (Å²) in [5, 5.41) is 3.04. The lowest BCUT2D eigenvalue weighted by molar-refractivity contribution is -0.137. The third kappa shape index (κ3) is 6.28. The average Bonchev–Trinajstić information content (AvgIpc) is 2.83. The first-order chi connectivity index (χ1) is 16.7. The molecule has 2 atom stereocenters. The minimum absolute atomic E-state index is 0.0777. The van der Waals surface area contributed by atoms with Gasteiger partial charge in [0.1, 0.15) is 12.4 Å². The number of rotatable bonds is 8. The van der Waals surface area contributed by atoms with Crippen LogP contribution in [0.4, 0.5) is 18.9 Å². The average molecular weight is 490 g/mol. The minimum Gasteiger partial charge on any atom is -0.492 e. The zero-order valence-electron chi connectivity index (χ0n) is 20.4. The van der Waals surface area contributed by atoms with Crippen LogP contribution in [0.3, 0.4) is 0 Å². The van der Waals surface area contributed by atoms with Gasteiger partial charge in [-0.1, -0.05) is 32.0 Å². The van der Waals surface area contributed by atoms with Gasteiger partial charge in [-0.05, 0) is 54.7 Å². The Morgan fingerprint density at radius 3 is 2.63 bits per heavy atom. The molecule has 5 nitrogen and oxygen atoms in total. The fraction of sp³-hybridized carbons (Fsp3) is 0.519. The summed E-state index contributed by atoms with van der Waals surface area (Å²) in [6.07, 6.45) is -3.23. The molecule has 2 aliphatic rings. The number of carbonyl (C=O) groups excluding carboxylic acids is 1. The molecule has 0 saturated carbocycles. The molecule has 0 bridgehead atoms. The van der Waals surface area contributed by atoms with Crippen molar-refractivity contribution < 1.29 is 22.7 Å². The van der Waals surface area contributed by atoms with E-state index in [1.165, 1.54) is 6.07 Å². The van der Waals surface area contributed by atoms with E-state index in [4.69, 9.17) is 4.74 Å². The molecule has 1 saturated heterocycles. The Kier molecular flexibility index (Phi) is 7.89. The number of anilines is 1. The highest BCUT2D eigenvalue weighted by Crippen LogP contribution is 2.39. The maximum absolute atomic E-state index is 13.4. The van der Waals surface area contributed by atoms with E-state index in [0.717, 1.165) is 37.0 Å². The summed E-state index contributed by atoms with van der Waals surface area (Å²) < 4.78 is 46.0. The predicted octanol–water partition coefficient (Wildman–Crippen LogP) is 4.61. The number of nitrogens with one attached hydrogen (secondary N) is 1. The van der Waals surface area contributed by atoms with E-state index in [1.807, 2.05) is 30.3 Å². The second-order valence-electron chi connectivity index (χ2n) is 9.85. The van der Waals surface area contributed by atoms with E-state index < -0.39 is 17.7 Å². The lowest BCUT2D eigenvalue weighted by Gasteiger charge is -2.49. The molecule has 1 N–H and O–H groups in total. The molecule has 1 amide bonds. The number of alkyl halides is 3. The van der Waals surface area contributed by atoms with E-state index >= 15 is 0 Å². The van der Waals surface area contributed by atoms with Crippen LogP contribution in [0.25, 0.3) is 0 Å². The van der Waals surface area contributed by atoms with Gasteiger partial charge in [0.25, 0.3) is 0 Å². The standard InChI is InChI=1S/C27H34F3N3O2/c1-19(2)10-11-31-26(34)23-17-20-16-21(27(28,29)30)8-9-24(20)33-13-12-32(18-25(23)33)14-15-35-22-6-4-3-5-7-22/h3-9,16,19,23,25H,10-15,17-18H2,1-2H3,(H,31,34)/t23-,25+/m1/s1. The summed E-state index contributed by atoms with van der Waals surface area (Å²) in [5.74, 6) is 0.797. The number of halogens is 3. The number of carbonyl (C=O) groups is 1. The van der Waals surface area contributed by atoms with Gasteiger partial charge in [-0.3, -0.25) is 9.69 Å². The molecule has 1 fully saturated rings. The van der Waals surface area contributed by atoms with Gasteiger partial charge in [0.05, 0.1) is 17.5 Å². The molecule has 0 spiro atoms. The van der Waals surface area contributed by atoms with Gasteiger partial charge in [-0.2, -0.15) is 13.2 Å². The third-order valence-corrected chi connectivity index (χ3v) is 6.90. The first-order valence-corrected chi connectivity index (χ1v) is 12.4. The lowest BCUT2D eigenvalue weighted by atomic mass is 9.82. The molecule has 2 aromatic rings.